The van der Waals surface area contributed by atoms with Crippen LogP contribution >= 0.6 is 0 Å². The molecule has 0 bridgehead atoms. The van der Waals surface area contributed by atoms with Crippen LogP contribution in [0.1, 0.15) is 62.9 Å². The van der Waals surface area contributed by atoms with Gasteiger partial charge in [0.2, 0.25) is 5.95 Å². The summed E-state index contributed by atoms with van der Waals surface area (Å²) < 4.78 is 0. The molecule has 1 fully saturated rings. The number of aromatic nitrogens is 2. The topological polar surface area (TPSA) is 66.9 Å². The molecule has 5 nitrogen and oxygen atoms in total. The van der Waals surface area contributed by atoms with Gasteiger partial charge in [0.25, 0.3) is 5.91 Å². The van der Waals surface area contributed by atoms with Crippen LogP contribution in [0.4, 0.5) is 5.95 Å². The molecule has 0 radical (unpaired) electrons. The van der Waals surface area contributed by atoms with Crippen molar-refractivity contribution in [2.45, 2.75) is 64.5 Å². The Labute approximate surface area is 120 Å². The minimum absolute atomic E-state index is 0.0912. The first-order valence-electron chi connectivity index (χ1n) is 7.59. The summed E-state index contributed by atoms with van der Waals surface area (Å²) in [5.74, 6) is 0.433. The second-order valence-electron chi connectivity index (χ2n) is 5.53. The molecule has 110 valence electrons. The molecule has 1 aromatic heterocycles. The van der Waals surface area contributed by atoms with Crippen LogP contribution in [0.15, 0.2) is 12.3 Å². The Morgan fingerprint density at radius 1 is 1.40 bits per heavy atom. The summed E-state index contributed by atoms with van der Waals surface area (Å²) in [4.78, 5) is 20.6. The lowest BCUT2D eigenvalue weighted by Crippen LogP contribution is -2.36. The van der Waals surface area contributed by atoms with Crippen LogP contribution in [-0.2, 0) is 0 Å². The highest BCUT2D eigenvalue weighted by atomic mass is 16.1. The monoisotopic (exact) mass is 276 g/mol. The summed E-state index contributed by atoms with van der Waals surface area (Å²) in [5, 5.41) is 6.26. The highest BCUT2D eigenvalue weighted by molar-refractivity contribution is 5.92. The fourth-order valence-corrected chi connectivity index (χ4v) is 2.38. The maximum absolute atomic E-state index is 12.2. The van der Waals surface area contributed by atoms with E-state index in [2.05, 4.69) is 34.4 Å². The van der Waals surface area contributed by atoms with Gasteiger partial charge in [0, 0.05) is 18.3 Å². The SMILES string of the molecule is CCC(C)Nc1nccc(C(=O)NC2CCCCC2)n1. The van der Waals surface area contributed by atoms with Crippen molar-refractivity contribution >= 4 is 11.9 Å². The summed E-state index contributed by atoms with van der Waals surface area (Å²) >= 11 is 0. The van der Waals surface area contributed by atoms with Crippen LogP contribution in [-0.4, -0.2) is 28.0 Å². The van der Waals surface area contributed by atoms with Gasteiger partial charge in [-0.15, -0.1) is 0 Å². The van der Waals surface area contributed by atoms with E-state index >= 15 is 0 Å². The van der Waals surface area contributed by atoms with Crippen molar-refractivity contribution in [2.24, 2.45) is 0 Å². The molecule has 2 rings (SSSR count). The van der Waals surface area contributed by atoms with Crippen LogP contribution in [0.2, 0.25) is 0 Å². The maximum Gasteiger partial charge on any atom is 0.270 e. The Hall–Kier alpha value is -1.65. The van der Waals surface area contributed by atoms with E-state index in [4.69, 9.17) is 0 Å². The van der Waals surface area contributed by atoms with Gasteiger partial charge in [-0.2, -0.15) is 0 Å². The molecule has 1 unspecified atom stereocenters. The molecule has 1 atom stereocenters. The summed E-state index contributed by atoms with van der Waals surface area (Å²) in [6, 6.07) is 2.27. The van der Waals surface area contributed by atoms with E-state index in [0.29, 0.717) is 23.7 Å². The Morgan fingerprint density at radius 3 is 2.85 bits per heavy atom. The fraction of sp³-hybridized carbons (Fsp3) is 0.667. The van der Waals surface area contributed by atoms with Crippen molar-refractivity contribution in [2.75, 3.05) is 5.32 Å². The summed E-state index contributed by atoms with van der Waals surface area (Å²) in [7, 11) is 0. The zero-order valence-corrected chi connectivity index (χ0v) is 12.4. The van der Waals surface area contributed by atoms with E-state index in [1.165, 1.54) is 19.3 Å². The number of nitrogens with one attached hydrogen (secondary N) is 2. The maximum atomic E-state index is 12.2. The number of hydrogen-bond donors (Lipinski definition) is 2. The van der Waals surface area contributed by atoms with E-state index in [9.17, 15) is 4.79 Å². The van der Waals surface area contributed by atoms with E-state index in [1.54, 1.807) is 12.3 Å². The normalized spacial score (nSPS) is 17.5. The van der Waals surface area contributed by atoms with Gasteiger partial charge >= 0.3 is 0 Å². The average Bonchev–Trinajstić information content (AvgIpc) is 2.48. The zero-order valence-electron chi connectivity index (χ0n) is 12.4. The second kappa shape index (κ2) is 7.22. The highest BCUT2D eigenvalue weighted by Gasteiger charge is 2.17. The van der Waals surface area contributed by atoms with Crippen LogP contribution in [0.25, 0.3) is 0 Å². The van der Waals surface area contributed by atoms with Gasteiger partial charge in [-0.3, -0.25) is 4.79 Å². The molecular weight excluding hydrogens is 252 g/mol. The van der Waals surface area contributed by atoms with Crippen molar-refractivity contribution in [3.63, 3.8) is 0 Å². The molecule has 1 heterocycles. The zero-order chi connectivity index (χ0) is 14.4. The van der Waals surface area contributed by atoms with Crippen LogP contribution in [0.3, 0.4) is 0 Å². The molecule has 2 N–H and O–H groups in total. The van der Waals surface area contributed by atoms with Gasteiger partial charge in [-0.05, 0) is 32.3 Å². The first-order chi connectivity index (χ1) is 9.69. The van der Waals surface area contributed by atoms with Gasteiger partial charge in [0.15, 0.2) is 0 Å². The van der Waals surface area contributed by atoms with Crippen molar-refractivity contribution in [3.05, 3.63) is 18.0 Å². The van der Waals surface area contributed by atoms with Gasteiger partial charge in [0.1, 0.15) is 5.69 Å². The molecule has 1 aliphatic carbocycles. The van der Waals surface area contributed by atoms with E-state index in [-0.39, 0.29) is 5.91 Å². The molecular formula is C15H24N4O. The fourth-order valence-electron chi connectivity index (χ4n) is 2.38. The molecule has 1 aliphatic rings. The Morgan fingerprint density at radius 2 is 2.15 bits per heavy atom. The van der Waals surface area contributed by atoms with Gasteiger partial charge < -0.3 is 10.6 Å². The van der Waals surface area contributed by atoms with Crippen molar-refractivity contribution in [1.29, 1.82) is 0 Å². The van der Waals surface area contributed by atoms with Gasteiger partial charge in [0.05, 0.1) is 0 Å². The molecule has 0 saturated heterocycles. The Bertz CT molecular complexity index is 443. The lowest BCUT2D eigenvalue weighted by molar-refractivity contribution is 0.0922. The van der Waals surface area contributed by atoms with E-state index < -0.39 is 0 Å². The molecule has 1 aromatic rings. The van der Waals surface area contributed by atoms with Crippen LogP contribution in [0.5, 0.6) is 0 Å². The molecule has 0 spiro atoms. The smallest absolute Gasteiger partial charge is 0.270 e. The molecule has 20 heavy (non-hydrogen) atoms. The average molecular weight is 276 g/mol. The van der Waals surface area contributed by atoms with Crippen LogP contribution in [0, 0.1) is 0 Å². The standard InChI is InChI=1S/C15H24N4O/c1-3-11(2)17-15-16-10-9-13(19-15)14(20)18-12-7-5-4-6-8-12/h9-12H,3-8H2,1-2H3,(H,18,20)(H,16,17,19). The first kappa shape index (κ1) is 14.8. The predicted molar refractivity (Wildman–Crippen MR) is 79.7 cm³/mol. The number of carbonyl (C=O) groups excluding carboxylic acids is 1. The predicted octanol–water partition coefficient (Wildman–Crippen LogP) is 2.75. The van der Waals surface area contributed by atoms with E-state index in [1.807, 2.05) is 0 Å². The quantitative estimate of drug-likeness (QED) is 0.867. The molecule has 1 amide bonds. The molecule has 5 heteroatoms. The van der Waals surface area contributed by atoms with Crippen LogP contribution < -0.4 is 10.6 Å². The number of nitrogens with zero attached hydrogens (tertiary/aromatic N) is 2. The third kappa shape index (κ3) is 4.18. The Kier molecular flexibility index (Phi) is 5.32. The minimum atomic E-state index is -0.0912. The third-order valence-corrected chi connectivity index (χ3v) is 3.82. The third-order valence-electron chi connectivity index (χ3n) is 3.82. The summed E-state index contributed by atoms with van der Waals surface area (Å²) in [5.41, 5.74) is 0.441. The minimum Gasteiger partial charge on any atom is -0.352 e. The summed E-state index contributed by atoms with van der Waals surface area (Å²) in [6.07, 6.45) is 8.47. The van der Waals surface area contributed by atoms with Gasteiger partial charge in [-0.1, -0.05) is 26.2 Å². The molecule has 0 aromatic carbocycles. The number of amides is 1. The number of rotatable bonds is 5. The second-order valence-corrected chi connectivity index (χ2v) is 5.53. The van der Waals surface area contributed by atoms with E-state index in [0.717, 1.165) is 19.3 Å². The Balaban J connectivity index is 1.96. The van der Waals surface area contributed by atoms with Gasteiger partial charge in [-0.25, -0.2) is 9.97 Å². The largest absolute Gasteiger partial charge is 0.352 e. The van der Waals surface area contributed by atoms with Crippen molar-refractivity contribution in [3.8, 4) is 0 Å². The number of carbonyl (C=O) groups is 1. The number of anilines is 1. The lowest BCUT2D eigenvalue weighted by atomic mass is 9.95. The first-order valence-corrected chi connectivity index (χ1v) is 7.59. The molecule has 0 aliphatic heterocycles. The van der Waals surface area contributed by atoms with Crippen molar-refractivity contribution in [1.82, 2.24) is 15.3 Å². The lowest BCUT2D eigenvalue weighted by Gasteiger charge is -2.22. The number of hydrogen-bond acceptors (Lipinski definition) is 4. The van der Waals surface area contributed by atoms with Crippen molar-refractivity contribution < 1.29 is 4.79 Å². The molecule has 1 saturated carbocycles. The summed E-state index contributed by atoms with van der Waals surface area (Å²) in [6.45, 7) is 4.16. The highest BCUT2D eigenvalue weighted by Crippen LogP contribution is 2.17.